The largest absolute Gasteiger partial charge is 0.496 e. The van der Waals surface area contributed by atoms with Gasteiger partial charge in [-0.25, -0.2) is 4.98 Å². The molecule has 1 amide bonds. The highest BCUT2D eigenvalue weighted by Gasteiger charge is 2.27. The minimum absolute atomic E-state index is 0.0659. The standard InChI is InChI=1S/C20H24N6O2/c1-14-10-18(26-20(24-14)22-13-23-26)25-9-5-7-16(12-25)19(27)21-11-15-6-3-4-8-17(15)28-2/h3-4,6,8,10,13,16H,5,7,9,11-12H2,1-2H3,(H,21,27)/t16-/m1/s1. The average molecular weight is 380 g/mol. The maximum Gasteiger partial charge on any atom is 0.254 e. The maximum atomic E-state index is 12.8. The summed E-state index contributed by atoms with van der Waals surface area (Å²) >= 11 is 0. The predicted molar refractivity (Wildman–Crippen MR) is 105 cm³/mol. The Bertz CT molecular complexity index is 986. The van der Waals surface area contributed by atoms with Crippen LogP contribution < -0.4 is 15.0 Å². The van der Waals surface area contributed by atoms with Crippen molar-refractivity contribution in [2.24, 2.45) is 5.92 Å². The first-order chi connectivity index (χ1) is 13.7. The quantitative estimate of drug-likeness (QED) is 0.729. The third-order valence-electron chi connectivity index (χ3n) is 5.12. The molecule has 1 aliphatic heterocycles. The Kier molecular flexibility index (Phi) is 5.10. The van der Waals surface area contributed by atoms with E-state index in [9.17, 15) is 4.79 Å². The van der Waals surface area contributed by atoms with Gasteiger partial charge in [-0.05, 0) is 25.8 Å². The minimum atomic E-state index is -0.0736. The molecule has 1 N–H and O–H groups in total. The third-order valence-corrected chi connectivity index (χ3v) is 5.12. The van der Waals surface area contributed by atoms with Crippen LogP contribution in [0.2, 0.25) is 0 Å². The summed E-state index contributed by atoms with van der Waals surface area (Å²) in [6.45, 7) is 3.94. The van der Waals surface area contributed by atoms with Crippen molar-refractivity contribution in [1.29, 1.82) is 0 Å². The highest BCUT2D eigenvalue weighted by atomic mass is 16.5. The number of nitrogens with one attached hydrogen (secondary N) is 1. The number of piperidine rings is 1. The minimum Gasteiger partial charge on any atom is -0.496 e. The zero-order valence-electron chi connectivity index (χ0n) is 16.1. The smallest absolute Gasteiger partial charge is 0.254 e. The van der Waals surface area contributed by atoms with Crippen LogP contribution in [0.1, 0.15) is 24.1 Å². The van der Waals surface area contributed by atoms with Crippen LogP contribution in [-0.2, 0) is 11.3 Å². The van der Waals surface area contributed by atoms with Crippen LogP contribution in [0.25, 0.3) is 5.78 Å². The number of ether oxygens (including phenoxy) is 1. The van der Waals surface area contributed by atoms with Gasteiger partial charge in [-0.15, -0.1) is 0 Å². The maximum absolute atomic E-state index is 12.8. The van der Waals surface area contributed by atoms with E-state index in [4.69, 9.17) is 4.74 Å². The van der Waals surface area contributed by atoms with E-state index in [1.165, 1.54) is 6.33 Å². The average Bonchev–Trinajstić information content (AvgIpc) is 3.20. The van der Waals surface area contributed by atoms with E-state index in [1.54, 1.807) is 11.6 Å². The van der Waals surface area contributed by atoms with Gasteiger partial charge in [0.1, 0.15) is 17.9 Å². The number of amides is 1. The summed E-state index contributed by atoms with van der Waals surface area (Å²) in [4.78, 5) is 23.6. The molecule has 4 rings (SSSR count). The number of hydrogen-bond acceptors (Lipinski definition) is 6. The van der Waals surface area contributed by atoms with Gasteiger partial charge in [0.15, 0.2) is 0 Å². The molecule has 0 bridgehead atoms. The second-order valence-electron chi connectivity index (χ2n) is 7.04. The normalized spacial score (nSPS) is 16.9. The molecule has 0 spiro atoms. The van der Waals surface area contributed by atoms with E-state index in [0.717, 1.165) is 42.2 Å². The lowest BCUT2D eigenvalue weighted by molar-refractivity contribution is -0.125. The third kappa shape index (κ3) is 3.62. The van der Waals surface area contributed by atoms with Gasteiger partial charge in [0.05, 0.1) is 13.0 Å². The number of carbonyl (C=O) groups excluding carboxylic acids is 1. The van der Waals surface area contributed by atoms with Gasteiger partial charge in [0.25, 0.3) is 5.78 Å². The summed E-state index contributed by atoms with van der Waals surface area (Å²) in [5.74, 6) is 2.29. The Labute approximate surface area is 163 Å². The number of fused-ring (bicyclic) bond motifs is 1. The summed E-state index contributed by atoms with van der Waals surface area (Å²) in [5, 5.41) is 7.35. The molecule has 1 aromatic carbocycles. The molecular formula is C20H24N6O2. The Hall–Kier alpha value is -3.16. The fourth-order valence-corrected chi connectivity index (χ4v) is 3.71. The number of anilines is 1. The molecule has 3 aromatic rings. The molecule has 0 unspecified atom stereocenters. The lowest BCUT2D eigenvalue weighted by atomic mass is 9.97. The number of aryl methyl sites for hydroxylation is 1. The van der Waals surface area contributed by atoms with Crippen molar-refractivity contribution in [3.8, 4) is 5.75 Å². The number of nitrogens with zero attached hydrogens (tertiary/aromatic N) is 5. The topological polar surface area (TPSA) is 84.6 Å². The van der Waals surface area contributed by atoms with Crippen molar-refractivity contribution < 1.29 is 9.53 Å². The van der Waals surface area contributed by atoms with Gasteiger partial charge in [0.2, 0.25) is 5.91 Å². The first-order valence-corrected chi connectivity index (χ1v) is 9.47. The number of aromatic nitrogens is 4. The number of carbonyl (C=O) groups is 1. The monoisotopic (exact) mass is 380 g/mol. The molecule has 8 nitrogen and oxygen atoms in total. The molecule has 3 heterocycles. The van der Waals surface area contributed by atoms with E-state index in [0.29, 0.717) is 18.9 Å². The molecule has 1 fully saturated rings. The molecule has 0 aliphatic carbocycles. The molecular weight excluding hydrogens is 356 g/mol. The van der Waals surface area contributed by atoms with Gasteiger partial charge < -0.3 is 15.0 Å². The first-order valence-electron chi connectivity index (χ1n) is 9.47. The van der Waals surface area contributed by atoms with E-state index in [-0.39, 0.29) is 11.8 Å². The van der Waals surface area contributed by atoms with Crippen LogP contribution in [0.15, 0.2) is 36.7 Å². The fourth-order valence-electron chi connectivity index (χ4n) is 3.71. The van der Waals surface area contributed by atoms with E-state index in [1.807, 2.05) is 37.3 Å². The van der Waals surface area contributed by atoms with Gasteiger partial charge in [-0.2, -0.15) is 14.6 Å². The predicted octanol–water partition coefficient (Wildman–Crippen LogP) is 1.97. The Balaban J connectivity index is 1.46. The van der Waals surface area contributed by atoms with Crippen LogP contribution in [0.3, 0.4) is 0 Å². The highest BCUT2D eigenvalue weighted by molar-refractivity contribution is 5.79. The van der Waals surface area contributed by atoms with Gasteiger partial charge >= 0.3 is 0 Å². The number of hydrogen-bond donors (Lipinski definition) is 1. The second-order valence-corrected chi connectivity index (χ2v) is 7.04. The van der Waals surface area contributed by atoms with Crippen LogP contribution in [-0.4, -0.2) is 45.7 Å². The summed E-state index contributed by atoms with van der Waals surface area (Å²) in [6.07, 6.45) is 3.33. The SMILES string of the molecule is COc1ccccc1CNC(=O)[C@@H]1CCCN(c2cc(C)nc3ncnn23)C1. The molecule has 8 heteroatoms. The van der Waals surface area contributed by atoms with Gasteiger partial charge in [-0.1, -0.05) is 18.2 Å². The molecule has 1 aliphatic rings. The fraction of sp³-hybridized carbons (Fsp3) is 0.400. The van der Waals surface area contributed by atoms with Crippen LogP contribution in [0.5, 0.6) is 5.75 Å². The zero-order chi connectivity index (χ0) is 19.5. The number of para-hydroxylation sites is 1. The van der Waals surface area contributed by atoms with Crippen molar-refractivity contribution in [2.75, 3.05) is 25.1 Å². The molecule has 146 valence electrons. The Morgan fingerprint density at radius 3 is 3.07 bits per heavy atom. The van der Waals surface area contributed by atoms with E-state index >= 15 is 0 Å². The van der Waals surface area contributed by atoms with Crippen molar-refractivity contribution >= 4 is 17.5 Å². The van der Waals surface area contributed by atoms with Crippen molar-refractivity contribution in [3.63, 3.8) is 0 Å². The number of benzene rings is 1. The Morgan fingerprint density at radius 2 is 2.21 bits per heavy atom. The van der Waals surface area contributed by atoms with Crippen LogP contribution in [0.4, 0.5) is 5.82 Å². The van der Waals surface area contributed by atoms with Crippen LogP contribution in [0, 0.1) is 12.8 Å². The number of rotatable bonds is 5. The molecule has 1 saturated heterocycles. The van der Waals surface area contributed by atoms with Crippen molar-refractivity contribution in [1.82, 2.24) is 24.9 Å². The zero-order valence-corrected chi connectivity index (χ0v) is 16.1. The van der Waals surface area contributed by atoms with E-state index < -0.39 is 0 Å². The summed E-state index contributed by atoms with van der Waals surface area (Å²) in [7, 11) is 1.64. The number of methoxy groups -OCH3 is 1. The van der Waals surface area contributed by atoms with Crippen LogP contribution >= 0.6 is 0 Å². The van der Waals surface area contributed by atoms with Gasteiger partial charge in [-0.3, -0.25) is 4.79 Å². The van der Waals surface area contributed by atoms with E-state index in [2.05, 4.69) is 25.3 Å². The molecule has 1 atom stereocenters. The summed E-state index contributed by atoms with van der Waals surface area (Å²) < 4.78 is 7.10. The molecule has 2 aromatic heterocycles. The second kappa shape index (κ2) is 7.84. The highest BCUT2D eigenvalue weighted by Crippen LogP contribution is 2.24. The first kappa shape index (κ1) is 18.2. The molecule has 0 radical (unpaired) electrons. The van der Waals surface area contributed by atoms with Crippen molar-refractivity contribution in [3.05, 3.63) is 47.9 Å². The van der Waals surface area contributed by atoms with Crippen molar-refractivity contribution in [2.45, 2.75) is 26.3 Å². The lowest BCUT2D eigenvalue weighted by Crippen LogP contribution is -2.43. The molecule has 28 heavy (non-hydrogen) atoms. The van der Waals surface area contributed by atoms with Gasteiger partial charge in [0, 0.05) is 37.0 Å². The Morgan fingerprint density at radius 1 is 1.36 bits per heavy atom. The lowest BCUT2D eigenvalue weighted by Gasteiger charge is -2.33. The molecule has 0 saturated carbocycles. The summed E-state index contributed by atoms with van der Waals surface area (Å²) in [6, 6.07) is 9.73. The summed E-state index contributed by atoms with van der Waals surface area (Å²) in [5.41, 5.74) is 1.86.